The number of nitrogens with one attached hydrogen (secondary N) is 2. The molecule has 0 aromatic rings. The number of rotatable bonds is 6. The van der Waals surface area contributed by atoms with Crippen molar-refractivity contribution in [3.63, 3.8) is 0 Å². The van der Waals surface area contributed by atoms with Gasteiger partial charge in [0.2, 0.25) is 5.91 Å². The van der Waals surface area contributed by atoms with Crippen LogP contribution in [0.4, 0.5) is 0 Å². The lowest BCUT2D eigenvalue weighted by atomic mass is 9.90. The molecule has 1 rings (SSSR count). The van der Waals surface area contributed by atoms with E-state index in [0.29, 0.717) is 23.6 Å². The zero-order valence-corrected chi connectivity index (χ0v) is 14.3. The summed E-state index contributed by atoms with van der Waals surface area (Å²) in [7, 11) is 0. The molecule has 1 amide bonds. The van der Waals surface area contributed by atoms with Crippen molar-refractivity contribution in [3.8, 4) is 0 Å². The van der Waals surface area contributed by atoms with Gasteiger partial charge in [-0.25, -0.2) is 0 Å². The van der Waals surface area contributed by atoms with E-state index in [2.05, 4.69) is 43.3 Å². The highest BCUT2D eigenvalue weighted by Gasteiger charge is 2.24. The summed E-state index contributed by atoms with van der Waals surface area (Å²) >= 11 is 1.81. The first-order valence-electron chi connectivity index (χ1n) is 7.54. The van der Waals surface area contributed by atoms with Gasteiger partial charge >= 0.3 is 0 Å². The predicted octanol–water partition coefficient (Wildman–Crippen LogP) is 2.79. The van der Waals surface area contributed by atoms with Crippen LogP contribution in [0.25, 0.3) is 0 Å². The molecule has 0 aromatic heterocycles. The first kappa shape index (κ1) is 17.3. The SMILES string of the molecule is CCC(C)NC(=O)CCNC1=NCC(CC(C)(C)C)S1. The molecule has 2 atom stereocenters. The molecule has 0 saturated heterocycles. The van der Waals surface area contributed by atoms with Gasteiger partial charge in [-0.2, -0.15) is 0 Å². The van der Waals surface area contributed by atoms with Gasteiger partial charge in [-0.05, 0) is 25.2 Å². The molecule has 0 fully saturated rings. The molecular formula is C15H29N3OS. The van der Waals surface area contributed by atoms with Gasteiger partial charge in [-0.3, -0.25) is 9.79 Å². The molecule has 0 spiro atoms. The standard InChI is InChI=1S/C15H29N3OS/c1-6-11(2)18-13(19)7-8-16-14-17-10-12(20-14)9-15(3,4)5/h11-12H,6-10H2,1-5H3,(H,16,17)(H,18,19). The molecule has 2 N–H and O–H groups in total. The molecular weight excluding hydrogens is 270 g/mol. The first-order chi connectivity index (χ1) is 9.30. The van der Waals surface area contributed by atoms with Gasteiger partial charge in [0.25, 0.3) is 0 Å². The lowest BCUT2D eigenvalue weighted by molar-refractivity contribution is -0.121. The highest BCUT2D eigenvalue weighted by Crippen LogP contribution is 2.31. The van der Waals surface area contributed by atoms with Crippen molar-refractivity contribution in [1.29, 1.82) is 0 Å². The minimum Gasteiger partial charge on any atom is -0.364 e. The molecule has 116 valence electrons. The normalized spacial score (nSPS) is 20.4. The maximum absolute atomic E-state index is 11.6. The van der Waals surface area contributed by atoms with Crippen molar-refractivity contribution in [2.75, 3.05) is 13.1 Å². The van der Waals surface area contributed by atoms with E-state index in [-0.39, 0.29) is 11.9 Å². The van der Waals surface area contributed by atoms with E-state index in [1.807, 2.05) is 18.7 Å². The van der Waals surface area contributed by atoms with Crippen LogP contribution >= 0.6 is 11.8 Å². The molecule has 0 aromatic carbocycles. The quantitative estimate of drug-likeness (QED) is 0.793. The summed E-state index contributed by atoms with van der Waals surface area (Å²) in [4.78, 5) is 16.2. The zero-order chi connectivity index (χ0) is 15.2. The van der Waals surface area contributed by atoms with Crippen LogP contribution in [0.2, 0.25) is 0 Å². The van der Waals surface area contributed by atoms with Crippen LogP contribution in [-0.2, 0) is 4.79 Å². The average Bonchev–Trinajstić information content (AvgIpc) is 2.74. The van der Waals surface area contributed by atoms with Crippen LogP contribution in [0, 0.1) is 5.41 Å². The Balaban J connectivity index is 2.16. The maximum atomic E-state index is 11.6. The molecule has 0 saturated carbocycles. The Kier molecular flexibility index (Phi) is 6.86. The topological polar surface area (TPSA) is 53.5 Å². The first-order valence-corrected chi connectivity index (χ1v) is 8.42. The fraction of sp³-hybridized carbons (Fsp3) is 0.867. The molecule has 20 heavy (non-hydrogen) atoms. The van der Waals surface area contributed by atoms with Crippen molar-refractivity contribution < 1.29 is 4.79 Å². The van der Waals surface area contributed by atoms with Crippen molar-refractivity contribution >= 4 is 22.8 Å². The van der Waals surface area contributed by atoms with E-state index < -0.39 is 0 Å². The van der Waals surface area contributed by atoms with Gasteiger partial charge in [-0.15, -0.1) is 0 Å². The lowest BCUT2D eigenvalue weighted by Gasteiger charge is -2.21. The molecule has 0 aliphatic carbocycles. The lowest BCUT2D eigenvalue weighted by Crippen LogP contribution is -2.34. The van der Waals surface area contributed by atoms with E-state index in [1.165, 1.54) is 6.42 Å². The predicted molar refractivity (Wildman–Crippen MR) is 88.3 cm³/mol. The smallest absolute Gasteiger partial charge is 0.221 e. The Morgan fingerprint density at radius 1 is 1.50 bits per heavy atom. The third kappa shape index (κ3) is 7.17. The van der Waals surface area contributed by atoms with Crippen LogP contribution in [0.1, 0.15) is 53.9 Å². The second-order valence-electron chi connectivity index (χ2n) is 6.70. The largest absolute Gasteiger partial charge is 0.364 e. The van der Waals surface area contributed by atoms with Crippen molar-refractivity contribution in [1.82, 2.24) is 10.6 Å². The van der Waals surface area contributed by atoms with Gasteiger partial charge in [-0.1, -0.05) is 39.5 Å². The average molecular weight is 299 g/mol. The summed E-state index contributed by atoms with van der Waals surface area (Å²) in [6, 6.07) is 0.261. The summed E-state index contributed by atoms with van der Waals surface area (Å²) < 4.78 is 0. The third-order valence-electron chi connectivity index (χ3n) is 3.20. The van der Waals surface area contributed by atoms with Gasteiger partial charge in [0, 0.05) is 24.3 Å². The molecule has 5 heteroatoms. The minimum absolute atomic E-state index is 0.113. The zero-order valence-electron chi connectivity index (χ0n) is 13.5. The van der Waals surface area contributed by atoms with Crippen LogP contribution in [0.15, 0.2) is 4.99 Å². The van der Waals surface area contributed by atoms with E-state index in [4.69, 9.17) is 0 Å². The van der Waals surface area contributed by atoms with E-state index >= 15 is 0 Å². The Morgan fingerprint density at radius 3 is 2.80 bits per heavy atom. The molecule has 0 radical (unpaired) electrons. The Bertz CT molecular complexity index is 350. The van der Waals surface area contributed by atoms with Crippen molar-refractivity contribution in [3.05, 3.63) is 0 Å². The highest BCUT2D eigenvalue weighted by molar-refractivity contribution is 8.14. The number of carbonyl (C=O) groups excluding carboxylic acids is 1. The second-order valence-corrected chi connectivity index (χ2v) is 7.99. The fourth-order valence-corrected chi connectivity index (χ4v) is 3.42. The van der Waals surface area contributed by atoms with E-state index in [9.17, 15) is 4.79 Å². The van der Waals surface area contributed by atoms with Crippen molar-refractivity contribution in [2.24, 2.45) is 10.4 Å². The van der Waals surface area contributed by atoms with Gasteiger partial charge < -0.3 is 10.6 Å². The third-order valence-corrected chi connectivity index (χ3v) is 4.35. The summed E-state index contributed by atoms with van der Waals surface area (Å²) in [6.45, 7) is 12.4. The maximum Gasteiger partial charge on any atom is 0.221 e. The Hall–Kier alpha value is -0.710. The molecule has 2 unspecified atom stereocenters. The van der Waals surface area contributed by atoms with Gasteiger partial charge in [0.05, 0.1) is 6.54 Å². The fourth-order valence-electron chi connectivity index (χ4n) is 2.04. The van der Waals surface area contributed by atoms with E-state index in [1.54, 1.807) is 0 Å². The Labute approximate surface area is 127 Å². The molecule has 4 nitrogen and oxygen atoms in total. The van der Waals surface area contributed by atoms with Gasteiger partial charge in [0.15, 0.2) is 5.17 Å². The number of hydrogen-bond acceptors (Lipinski definition) is 4. The number of nitrogens with zero attached hydrogens (tertiary/aromatic N) is 1. The molecule has 0 bridgehead atoms. The number of amides is 1. The molecule has 1 heterocycles. The van der Waals surface area contributed by atoms with Crippen LogP contribution < -0.4 is 10.6 Å². The minimum atomic E-state index is 0.113. The number of carbonyl (C=O) groups is 1. The summed E-state index contributed by atoms with van der Waals surface area (Å²) in [5, 5.41) is 7.81. The summed E-state index contributed by atoms with van der Waals surface area (Å²) in [5.74, 6) is 0.113. The summed E-state index contributed by atoms with van der Waals surface area (Å²) in [6.07, 6.45) is 2.64. The number of amidine groups is 1. The van der Waals surface area contributed by atoms with Gasteiger partial charge in [0.1, 0.15) is 0 Å². The highest BCUT2D eigenvalue weighted by atomic mass is 32.2. The van der Waals surface area contributed by atoms with Crippen LogP contribution in [-0.4, -0.2) is 35.5 Å². The van der Waals surface area contributed by atoms with Crippen molar-refractivity contribution in [2.45, 2.75) is 65.2 Å². The number of hydrogen-bond donors (Lipinski definition) is 2. The monoisotopic (exact) mass is 299 g/mol. The number of aliphatic imine (C=N–C) groups is 1. The van der Waals surface area contributed by atoms with Crippen LogP contribution in [0.3, 0.4) is 0 Å². The molecule has 1 aliphatic rings. The number of thioether (sulfide) groups is 1. The Morgan fingerprint density at radius 2 is 2.20 bits per heavy atom. The van der Waals surface area contributed by atoms with Crippen LogP contribution in [0.5, 0.6) is 0 Å². The summed E-state index contributed by atoms with van der Waals surface area (Å²) in [5.41, 5.74) is 0.346. The second kappa shape index (κ2) is 7.91. The van der Waals surface area contributed by atoms with E-state index in [0.717, 1.165) is 18.1 Å². The molecule has 1 aliphatic heterocycles.